The normalized spacial score (nSPS) is 28.3. The Balaban J connectivity index is 1.38. The van der Waals surface area contributed by atoms with Crippen molar-refractivity contribution in [1.29, 1.82) is 0 Å². The van der Waals surface area contributed by atoms with E-state index in [2.05, 4.69) is 60.0 Å². The number of benzene rings is 2. The summed E-state index contributed by atoms with van der Waals surface area (Å²) in [5, 5.41) is 21.9. The van der Waals surface area contributed by atoms with E-state index in [9.17, 15) is 10.2 Å². The van der Waals surface area contributed by atoms with E-state index in [0.29, 0.717) is 0 Å². The van der Waals surface area contributed by atoms with Gasteiger partial charge < -0.3 is 20.0 Å². The van der Waals surface area contributed by atoms with E-state index in [1.165, 1.54) is 22.5 Å². The lowest BCUT2D eigenvalue weighted by Gasteiger charge is -2.47. The monoisotopic (exact) mass is 378 g/mol. The van der Waals surface area contributed by atoms with Crippen molar-refractivity contribution in [3.8, 4) is 0 Å². The van der Waals surface area contributed by atoms with Gasteiger partial charge in [0.05, 0.1) is 12.2 Å². The van der Waals surface area contributed by atoms with Crippen molar-refractivity contribution in [3.63, 3.8) is 0 Å². The molecule has 0 bridgehead atoms. The van der Waals surface area contributed by atoms with Crippen molar-refractivity contribution < 1.29 is 10.2 Å². The summed E-state index contributed by atoms with van der Waals surface area (Å²) in [6, 6.07) is 13.0. The summed E-state index contributed by atoms with van der Waals surface area (Å²) in [4.78, 5) is 4.78. The molecule has 3 aliphatic rings. The molecule has 2 aromatic carbocycles. The molecular formula is C24H30N2O2. The Morgan fingerprint density at radius 1 is 0.750 bits per heavy atom. The largest absolute Gasteiger partial charge is 0.392 e. The van der Waals surface area contributed by atoms with Gasteiger partial charge in [0, 0.05) is 49.4 Å². The molecule has 0 radical (unpaired) electrons. The molecule has 4 heteroatoms. The molecule has 1 aliphatic carbocycles. The second-order valence-electron chi connectivity index (χ2n) is 8.47. The SMILES string of the molecule is CCN1CCc2cc(C3C(O)C(c4ccc5c(c4)CCN5CC)C3O)ccc21. The van der Waals surface area contributed by atoms with Gasteiger partial charge in [-0.2, -0.15) is 0 Å². The Morgan fingerprint density at radius 2 is 1.18 bits per heavy atom. The van der Waals surface area contributed by atoms with Gasteiger partial charge in [0.2, 0.25) is 0 Å². The number of aliphatic hydroxyl groups excluding tert-OH is 2. The van der Waals surface area contributed by atoms with Crippen LogP contribution in [-0.4, -0.2) is 48.6 Å². The molecular weight excluding hydrogens is 348 g/mol. The van der Waals surface area contributed by atoms with Crippen LogP contribution in [0.5, 0.6) is 0 Å². The van der Waals surface area contributed by atoms with E-state index in [1.807, 2.05) is 0 Å². The molecule has 4 nitrogen and oxygen atoms in total. The number of hydrogen-bond donors (Lipinski definition) is 2. The number of aliphatic hydroxyl groups is 2. The Hall–Kier alpha value is -2.04. The highest BCUT2D eigenvalue weighted by molar-refractivity contribution is 5.61. The maximum absolute atomic E-state index is 11.0. The van der Waals surface area contributed by atoms with Gasteiger partial charge >= 0.3 is 0 Å². The van der Waals surface area contributed by atoms with Gasteiger partial charge in [0.1, 0.15) is 0 Å². The van der Waals surface area contributed by atoms with Gasteiger partial charge in [-0.3, -0.25) is 0 Å². The van der Waals surface area contributed by atoms with Gasteiger partial charge in [-0.1, -0.05) is 24.3 Å². The number of hydrogen-bond acceptors (Lipinski definition) is 4. The zero-order valence-electron chi connectivity index (χ0n) is 16.8. The second kappa shape index (κ2) is 6.78. The minimum absolute atomic E-state index is 0.189. The van der Waals surface area contributed by atoms with Crippen LogP contribution in [0.25, 0.3) is 0 Å². The second-order valence-corrected chi connectivity index (χ2v) is 8.47. The third-order valence-corrected chi connectivity index (χ3v) is 7.20. The first-order valence-electron chi connectivity index (χ1n) is 10.7. The fourth-order valence-electron chi connectivity index (χ4n) is 5.55. The molecule has 0 saturated heterocycles. The van der Waals surface area contributed by atoms with Crippen LogP contribution in [0.15, 0.2) is 36.4 Å². The van der Waals surface area contributed by atoms with Gasteiger partial charge in [0.15, 0.2) is 0 Å². The molecule has 0 spiro atoms. The number of likely N-dealkylation sites (N-methyl/N-ethyl adjacent to an activating group) is 2. The summed E-state index contributed by atoms with van der Waals surface area (Å²) in [6.07, 6.45) is 1.05. The predicted molar refractivity (Wildman–Crippen MR) is 114 cm³/mol. The summed E-state index contributed by atoms with van der Waals surface area (Å²) in [5.41, 5.74) is 7.46. The van der Waals surface area contributed by atoms with Crippen LogP contribution < -0.4 is 9.80 Å². The molecule has 2 aliphatic heterocycles. The third-order valence-electron chi connectivity index (χ3n) is 7.20. The summed E-state index contributed by atoms with van der Waals surface area (Å²) in [6.45, 7) is 8.55. The van der Waals surface area contributed by atoms with E-state index < -0.39 is 12.2 Å². The molecule has 5 rings (SSSR count). The number of fused-ring (bicyclic) bond motifs is 2. The Labute approximate surface area is 167 Å². The quantitative estimate of drug-likeness (QED) is 0.859. The van der Waals surface area contributed by atoms with Crippen molar-refractivity contribution in [2.45, 2.75) is 50.7 Å². The van der Waals surface area contributed by atoms with E-state index >= 15 is 0 Å². The third kappa shape index (κ3) is 2.58. The van der Waals surface area contributed by atoms with Gasteiger partial charge in [-0.05, 0) is 61.1 Å². The van der Waals surface area contributed by atoms with E-state index in [1.54, 1.807) is 0 Å². The maximum Gasteiger partial charge on any atom is 0.0727 e. The van der Waals surface area contributed by atoms with E-state index in [-0.39, 0.29) is 11.8 Å². The van der Waals surface area contributed by atoms with Crippen molar-refractivity contribution in [2.75, 3.05) is 36.0 Å². The Kier molecular flexibility index (Phi) is 4.37. The van der Waals surface area contributed by atoms with Crippen molar-refractivity contribution >= 4 is 11.4 Å². The molecule has 0 unspecified atom stereocenters. The lowest BCUT2D eigenvalue weighted by molar-refractivity contribution is -0.0785. The van der Waals surface area contributed by atoms with Crippen LogP contribution in [0, 0.1) is 0 Å². The average Bonchev–Trinajstić information content (AvgIpc) is 3.30. The molecule has 2 N–H and O–H groups in total. The summed E-state index contributed by atoms with van der Waals surface area (Å²) in [7, 11) is 0. The summed E-state index contributed by atoms with van der Waals surface area (Å²) in [5.74, 6) is -0.377. The molecule has 0 aromatic heterocycles. The molecule has 2 heterocycles. The molecule has 0 amide bonds. The fraction of sp³-hybridized carbons (Fsp3) is 0.500. The van der Waals surface area contributed by atoms with Gasteiger partial charge in [-0.15, -0.1) is 0 Å². The van der Waals surface area contributed by atoms with Crippen LogP contribution >= 0.6 is 0 Å². The number of anilines is 2. The van der Waals surface area contributed by atoms with Crippen LogP contribution in [-0.2, 0) is 12.8 Å². The van der Waals surface area contributed by atoms with Crippen LogP contribution in [0.3, 0.4) is 0 Å². The smallest absolute Gasteiger partial charge is 0.0727 e. The van der Waals surface area contributed by atoms with Crippen LogP contribution in [0.1, 0.15) is 47.9 Å². The lowest BCUT2D eigenvalue weighted by atomic mass is 9.63. The fourth-order valence-corrected chi connectivity index (χ4v) is 5.55. The number of nitrogens with zero attached hydrogens (tertiary/aromatic N) is 2. The minimum atomic E-state index is -0.529. The zero-order valence-corrected chi connectivity index (χ0v) is 16.8. The summed E-state index contributed by atoms with van der Waals surface area (Å²) >= 11 is 0. The first kappa shape index (κ1) is 18.0. The zero-order chi connectivity index (χ0) is 19.4. The van der Waals surface area contributed by atoms with Crippen molar-refractivity contribution in [3.05, 3.63) is 58.7 Å². The first-order valence-corrected chi connectivity index (χ1v) is 10.7. The van der Waals surface area contributed by atoms with Crippen LogP contribution in [0.4, 0.5) is 11.4 Å². The summed E-state index contributed by atoms with van der Waals surface area (Å²) < 4.78 is 0. The minimum Gasteiger partial charge on any atom is -0.392 e. The molecule has 148 valence electrons. The van der Waals surface area contributed by atoms with Crippen molar-refractivity contribution in [2.24, 2.45) is 0 Å². The molecule has 0 atom stereocenters. The standard InChI is InChI=1S/C24H30N2O2/c1-3-25-11-9-15-13-17(5-7-19(15)25)21-23(27)22(24(21)28)18-6-8-20-16(14-18)10-12-26(20)4-2/h5-8,13-14,21-24,27-28H,3-4,9-12H2,1-2H3. The number of rotatable bonds is 4. The highest BCUT2D eigenvalue weighted by Gasteiger charge is 2.50. The van der Waals surface area contributed by atoms with Gasteiger partial charge in [0.25, 0.3) is 0 Å². The predicted octanol–water partition coefficient (Wildman–Crippen LogP) is 3.05. The van der Waals surface area contributed by atoms with Crippen LogP contribution in [0.2, 0.25) is 0 Å². The highest BCUT2D eigenvalue weighted by atomic mass is 16.3. The van der Waals surface area contributed by atoms with E-state index in [4.69, 9.17) is 0 Å². The molecule has 2 aromatic rings. The Bertz CT molecular complexity index is 815. The lowest BCUT2D eigenvalue weighted by Crippen LogP contribution is -2.51. The molecule has 1 fully saturated rings. The topological polar surface area (TPSA) is 46.9 Å². The molecule has 1 saturated carbocycles. The highest BCUT2D eigenvalue weighted by Crippen LogP contribution is 2.49. The van der Waals surface area contributed by atoms with Gasteiger partial charge in [-0.25, -0.2) is 0 Å². The first-order chi connectivity index (χ1) is 13.6. The average molecular weight is 379 g/mol. The maximum atomic E-state index is 11.0. The Morgan fingerprint density at radius 3 is 1.57 bits per heavy atom. The van der Waals surface area contributed by atoms with Crippen molar-refractivity contribution in [1.82, 2.24) is 0 Å². The molecule has 28 heavy (non-hydrogen) atoms. The van der Waals surface area contributed by atoms with E-state index in [0.717, 1.165) is 50.1 Å².